The van der Waals surface area contributed by atoms with Gasteiger partial charge in [-0.2, -0.15) is 0 Å². The number of benzene rings is 1. The number of carboxylic acid groups (broad SMARTS) is 1. The predicted molar refractivity (Wildman–Crippen MR) is 67.6 cm³/mol. The highest BCUT2D eigenvalue weighted by atomic mass is 16.4. The summed E-state index contributed by atoms with van der Waals surface area (Å²) in [5, 5.41) is 9.60. The molecule has 0 saturated carbocycles. The molecule has 0 aliphatic heterocycles. The largest absolute Gasteiger partial charge is 0.480 e. The van der Waals surface area contributed by atoms with Crippen molar-refractivity contribution in [1.29, 1.82) is 0 Å². The van der Waals surface area contributed by atoms with Gasteiger partial charge in [0, 0.05) is 18.0 Å². The minimum absolute atomic E-state index is 0.312. The summed E-state index contributed by atoms with van der Waals surface area (Å²) in [5.74, 6) is -1.36. The first-order chi connectivity index (χ1) is 8.47. The Hall–Kier alpha value is -2.30. The average molecular weight is 246 g/mol. The molecule has 0 fully saturated rings. The van der Waals surface area contributed by atoms with Gasteiger partial charge in [0.05, 0.1) is 0 Å². The predicted octanol–water partition coefficient (Wildman–Crippen LogP) is 1.63. The van der Waals surface area contributed by atoms with Gasteiger partial charge >= 0.3 is 5.97 Å². The molecular formula is C13H14N2O3. The van der Waals surface area contributed by atoms with Gasteiger partial charge in [-0.05, 0) is 25.1 Å². The Morgan fingerprint density at radius 2 is 2.06 bits per heavy atom. The van der Waals surface area contributed by atoms with Crippen LogP contribution in [0.15, 0.2) is 24.3 Å². The van der Waals surface area contributed by atoms with E-state index in [1.54, 1.807) is 6.07 Å². The van der Waals surface area contributed by atoms with E-state index in [-0.39, 0.29) is 12.5 Å². The number of likely N-dealkylation sites (N-methyl/N-ethyl adjacent to an activating group) is 1. The number of hydrogen-bond acceptors (Lipinski definition) is 2. The van der Waals surface area contributed by atoms with Crippen molar-refractivity contribution in [3.05, 3.63) is 35.5 Å². The Kier molecular flexibility index (Phi) is 3.06. The zero-order valence-electron chi connectivity index (χ0n) is 10.2. The van der Waals surface area contributed by atoms with Crippen molar-refractivity contribution in [1.82, 2.24) is 9.88 Å². The number of aromatic amines is 1. The molecule has 94 valence electrons. The molecule has 0 radical (unpaired) electrons. The standard InChI is InChI=1S/C13H14N2O3/c1-8-3-4-10-9(5-8)6-11(14-10)13(18)15(2)7-12(16)17/h3-6,14H,7H2,1-2H3,(H,16,17). The molecule has 2 N–H and O–H groups in total. The van der Waals surface area contributed by atoms with Gasteiger partial charge in [-0.15, -0.1) is 0 Å². The van der Waals surface area contributed by atoms with E-state index < -0.39 is 5.97 Å². The van der Waals surface area contributed by atoms with Crippen molar-refractivity contribution in [3.8, 4) is 0 Å². The lowest BCUT2D eigenvalue weighted by atomic mass is 10.2. The number of amides is 1. The third-order valence-corrected chi connectivity index (χ3v) is 2.73. The molecular weight excluding hydrogens is 232 g/mol. The quantitative estimate of drug-likeness (QED) is 0.864. The average Bonchev–Trinajstić information content (AvgIpc) is 2.69. The van der Waals surface area contributed by atoms with Crippen LogP contribution in [-0.2, 0) is 4.79 Å². The van der Waals surface area contributed by atoms with E-state index in [4.69, 9.17) is 5.11 Å². The maximum atomic E-state index is 12.0. The Morgan fingerprint density at radius 3 is 2.72 bits per heavy atom. The van der Waals surface area contributed by atoms with E-state index in [1.165, 1.54) is 11.9 Å². The minimum Gasteiger partial charge on any atom is -0.480 e. The van der Waals surface area contributed by atoms with Gasteiger partial charge in [0.2, 0.25) is 0 Å². The summed E-state index contributed by atoms with van der Waals surface area (Å²) < 4.78 is 0. The second kappa shape index (κ2) is 4.52. The number of aliphatic carboxylic acids is 1. The fourth-order valence-corrected chi connectivity index (χ4v) is 1.85. The molecule has 0 spiro atoms. The number of aromatic nitrogens is 1. The van der Waals surface area contributed by atoms with E-state index in [2.05, 4.69) is 4.98 Å². The second-order valence-corrected chi connectivity index (χ2v) is 4.33. The van der Waals surface area contributed by atoms with Crippen LogP contribution in [0.25, 0.3) is 10.9 Å². The van der Waals surface area contributed by atoms with Crippen molar-refractivity contribution in [2.75, 3.05) is 13.6 Å². The fraction of sp³-hybridized carbons (Fsp3) is 0.231. The van der Waals surface area contributed by atoms with E-state index in [1.807, 2.05) is 25.1 Å². The van der Waals surface area contributed by atoms with Crippen molar-refractivity contribution in [2.45, 2.75) is 6.92 Å². The molecule has 1 heterocycles. The van der Waals surface area contributed by atoms with Gasteiger partial charge in [0.1, 0.15) is 12.2 Å². The molecule has 1 aromatic heterocycles. The van der Waals surface area contributed by atoms with Crippen LogP contribution in [0, 0.1) is 6.92 Å². The van der Waals surface area contributed by atoms with Crippen LogP contribution in [0.1, 0.15) is 16.1 Å². The van der Waals surface area contributed by atoms with Crippen LogP contribution in [0.3, 0.4) is 0 Å². The van der Waals surface area contributed by atoms with E-state index in [9.17, 15) is 9.59 Å². The Bertz CT molecular complexity index is 616. The monoisotopic (exact) mass is 246 g/mol. The number of H-pyrrole nitrogens is 1. The maximum absolute atomic E-state index is 12.0. The molecule has 0 bridgehead atoms. The number of carboxylic acids is 1. The summed E-state index contributed by atoms with van der Waals surface area (Å²) in [6.07, 6.45) is 0. The number of carbonyl (C=O) groups is 2. The maximum Gasteiger partial charge on any atom is 0.323 e. The van der Waals surface area contributed by atoms with Crippen LogP contribution in [0.5, 0.6) is 0 Å². The van der Waals surface area contributed by atoms with Gasteiger partial charge in [-0.1, -0.05) is 11.6 Å². The number of aryl methyl sites for hydroxylation is 1. The molecule has 2 rings (SSSR count). The zero-order valence-corrected chi connectivity index (χ0v) is 10.2. The number of hydrogen-bond donors (Lipinski definition) is 2. The van der Waals surface area contributed by atoms with E-state index in [0.29, 0.717) is 5.69 Å². The normalized spacial score (nSPS) is 10.6. The van der Waals surface area contributed by atoms with Gasteiger partial charge in [0.15, 0.2) is 0 Å². The summed E-state index contributed by atoms with van der Waals surface area (Å²) in [5.41, 5.74) is 2.38. The fourth-order valence-electron chi connectivity index (χ4n) is 1.85. The molecule has 0 saturated heterocycles. The molecule has 0 aliphatic carbocycles. The number of carbonyl (C=O) groups excluding carboxylic acids is 1. The highest BCUT2D eigenvalue weighted by Crippen LogP contribution is 2.17. The summed E-state index contributed by atoms with van der Waals surface area (Å²) in [6, 6.07) is 7.57. The van der Waals surface area contributed by atoms with Crippen molar-refractivity contribution < 1.29 is 14.7 Å². The van der Waals surface area contributed by atoms with Crippen molar-refractivity contribution in [2.24, 2.45) is 0 Å². The molecule has 5 heteroatoms. The van der Waals surface area contributed by atoms with E-state index in [0.717, 1.165) is 16.5 Å². The summed E-state index contributed by atoms with van der Waals surface area (Å²) in [7, 11) is 1.47. The molecule has 2 aromatic rings. The van der Waals surface area contributed by atoms with Gasteiger partial charge in [0.25, 0.3) is 5.91 Å². The lowest BCUT2D eigenvalue weighted by molar-refractivity contribution is -0.137. The van der Waals surface area contributed by atoms with Crippen molar-refractivity contribution >= 4 is 22.8 Å². The van der Waals surface area contributed by atoms with Crippen LogP contribution in [0.2, 0.25) is 0 Å². The van der Waals surface area contributed by atoms with E-state index >= 15 is 0 Å². The molecule has 0 aliphatic rings. The summed E-state index contributed by atoms with van der Waals surface area (Å²) in [4.78, 5) is 26.7. The van der Waals surface area contributed by atoms with Gasteiger partial charge in [-0.3, -0.25) is 9.59 Å². The smallest absolute Gasteiger partial charge is 0.323 e. The van der Waals surface area contributed by atoms with Crippen LogP contribution in [0.4, 0.5) is 0 Å². The number of nitrogens with zero attached hydrogens (tertiary/aromatic N) is 1. The third-order valence-electron chi connectivity index (χ3n) is 2.73. The molecule has 5 nitrogen and oxygen atoms in total. The first-order valence-electron chi connectivity index (χ1n) is 5.54. The van der Waals surface area contributed by atoms with Crippen LogP contribution < -0.4 is 0 Å². The molecule has 1 amide bonds. The summed E-state index contributed by atoms with van der Waals surface area (Å²) in [6.45, 7) is 1.66. The third kappa shape index (κ3) is 2.34. The lowest BCUT2D eigenvalue weighted by Gasteiger charge is -2.12. The van der Waals surface area contributed by atoms with Crippen LogP contribution >= 0.6 is 0 Å². The molecule has 0 atom stereocenters. The van der Waals surface area contributed by atoms with Crippen molar-refractivity contribution in [3.63, 3.8) is 0 Å². The van der Waals surface area contributed by atoms with Gasteiger partial charge < -0.3 is 15.0 Å². The Labute approximate surface area is 104 Å². The highest BCUT2D eigenvalue weighted by molar-refractivity contribution is 5.99. The topological polar surface area (TPSA) is 73.4 Å². The number of nitrogens with one attached hydrogen (secondary N) is 1. The van der Waals surface area contributed by atoms with Gasteiger partial charge in [-0.25, -0.2) is 0 Å². The minimum atomic E-state index is -1.03. The number of rotatable bonds is 3. The Balaban J connectivity index is 2.30. The first-order valence-corrected chi connectivity index (χ1v) is 5.54. The molecule has 0 unspecified atom stereocenters. The molecule has 18 heavy (non-hydrogen) atoms. The first kappa shape index (κ1) is 12.2. The summed E-state index contributed by atoms with van der Waals surface area (Å²) >= 11 is 0. The van der Waals surface area contributed by atoms with Crippen LogP contribution in [-0.4, -0.2) is 40.5 Å². The zero-order chi connectivity index (χ0) is 13.3. The second-order valence-electron chi connectivity index (χ2n) is 4.33. The molecule has 1 aromatic carbocycles. The Morgan fingerprint density at radius 1 is 1.33 bits per heavy atom. The SMILES string of the molecule is Cc1ccc2[nH]c(C(=O)N(C)CC(=O)O)cc2c1. The highest BCUT2D eigenvalue weighted by Gasteiger charge is 2.16. The lowest BCUT2D eigenvalue weighted by Crippen LogP contribution is -2.32. The number of fused-ring (bicyclic) bond motifs is 1.